The standard InChI is InChI=1S/C14H5F5INO2/c15-9-3-7(14(17,18)19)4-10(16)13(9)23-12-2-1-8(20)5-11(12)21-6-22/h1-5H. The molecule has 0 fully saturated rings. The lowest BCUT2D eigenvalue weighted by molar-refractivity contribution is -0.138. The van der Waals surface area contributed by atoms with Crippen molar-refractivity contribution >= 4 is 34.4 Å². The van der Waals surface area contributed by atoms with Crippen molar-refractivity contribution in [2.24, 2.45) is 4.99 Å². The molecule has 0 atom stereocenters. The first kappa shape index (κ1) is 17.4. The van der Waals surface area contributed by atoms with Crippen LogP contribution in [-0.4, -0.2) is 6.08 Å². The zero-order valence-electron chi connectivity index (χ0n) is 10.9. The molecule has 0 N–H and O–H groups in total. The third kappa shape index (κ3) is 4.05. The average molecular weight is 441 g/mol. The molecule has 23 heavy (non-hydrogen) atoms. The Balaban J connectivity index is 2.48. The highest BCUT2D eigenvalue weighted by Crippen LogP contribution is 2.38. The SMILES string of the molecule is O=C=Nc1cc(I)ccc1Oc1c(F)cc(C(F)(F)F)cc1F. The third-order valence-electron chi connectivity index (χ3n) is 2.62. The Morgan fingerprint density at radius 3 is 2.22 bits per heavy atom. The largest absolute Gasteiger partial charge is 0.449 e. The van der Waals surface area contributed by atoms with Gasteiger partial charge in [0, 0.05) is 3.57 Å². The molecule has 0 aliphatic heterocycles. The number of nitrogens with zero attached hydrogens (tertiary/aromatic N) is 1. The van der Waals surface area contributed by atoms with Crippen LogP contribution in [0.3, 0.4) is 0 Å². The van der Waals surface area contributed by atoms with Gasteiger partial charge in [-0.15, -0.1) is 0 Å². The van der Waals surface area contributed by atoms with Gasteiger partial charge in [-0.2, -0.15) is 18.2 Å². The Kier molecular flexibility index (Phi) is 5.00. The minimum Gasteiger partial charge on any atom is -0.449 e. The van der Waals surface area contributed by atoms with Gasteiger partial charge in [-0.3, -0.25) is 0 Å². The smallest absolute Gasteiger partial charge is 0.416 e. The Bertz CT molecular complexity index is 777. The molecule has 0 spiro atoms. The highest BCUT2D eigenvalue weighted by atomic mass is 127. The number of alkyl halides is 3. The van der Waals surface area contributed by atoms with Crippen molar-refractivity contribution in [3.05, 3.63) is 51.1 Å². The summed E-state index contributed by atoms with van der Waals surface area (Å²) in [5.41, 5.74) is -1.54. The van der Waals surface area contributed by atoms with Crippen molar-refractivity contribution < 1.29 is 31.5 Å². The molecular weight excluding hydrogens is 436 g/mol. The molecular formula is C14H5F5INO2. The topological polar surface area (TPSA) is 38.7 Å². The van der Waals surface area contributed by atoms with E-state index in [1.54, 1.807) is 0 Å². The van der Waals surface area contributed by atoms with E-state index in [2.05, 4.69) is 4.99 Å². The zero-order valence-corrected chi connectivity index (χ0v) is 13.1. The fourth-order valence-electron chi connectivity index (χ4n) is 1.64. The second kappa shape index (κ2) is 6.63. The van der Waals surface area contributed by atoms with Crippen LogP contribution in [0.4, 0.5) is 27.6 Å². The number of carbonyl (C=O) groups excluding carboxylic acids is 1. The van der Waals surface area contributed by atoms with Gasteiger partial charge in [-0.25, -0.2) is 13.6 Å². The maximum Gasteiger partial charge on any atom is 0.416 e. The number of benzene rings is 2. The van der Waals surface area contributed by atoms with Gasteiger partial charge in [0.25, 0.3) is 0 Å². The van der Waals surface area contributed by atoms with Crippen LogP contribution in [0.2, 0.25) is 0 Å². The van der Waals surface area contributed by atoms with Crippen molar-refractivity contribution in [2.45, 2.75) is 6.18 Å². The normalized spacial score (nSPS) is 11.0. The van der Waals surface area contributed by atoms with Gasteiger partial charge in [0.05, 0.1) is 5.56 Å². The summed E-state index contributed by atoms with van der Waals surface area (Å²) in [6.07, 6.45) is -3.64. The molecule has 0 saturated carbocycles. The maximum atomic E-state index is 13.7. The molecule has 0 aliphatic rings. The summed E-state index contributed by atoms with van der Waals surface area (Å²) in [6, 6.07) is 4.39. The molecule has 0 saturated heterocycles. The van der Waals surface area contributed by atoms with Crippen LogP contribution < -0.4 is 4.74 Å². The van der Waals surface area contributed by atoms with E-state index < -0.39 is 29.1 Å². The van der Waals surface area contributed by atoms with E-state index in [0.29, 0.717) is 3.57 Å². The Morgan fingerprint density at radius 2 is 1.70 bits per heavy atom. The lowest BCUT2D eigenvalue weighted by atomic mass is 10.2. The summed E-state index contributed by atoms with van der Waals surface area (Å²) in [7, 11) is 0. The predicted octanol–water partition coefficient (Wildman–Crippen LogP) is 5.35. The molecule has 3 nitrogen and oxygen atoms in total. The highest BCUT2D eigenvalue weighted by Gasteiger charge is 2.33. The van der Waals surface area contributed by atoms with Crippen LogP contribution in [0.15, 0.2) is 35.3 Å². The fourth-order valence-corrected chi connectivity index (χ4v) is 2.12. The molecule has 2 rings (SSSR count). The number of isocyanates is 1. The first-order valence-electron chi connectivity index (χ1n) is 5.84. The molecule has 0 amide bonds. The van der Waals surface area contributed by atoms with Crippen LogP contribution in [0.1, 0.15) is 5.56 Å². The molecule has 2 aromatic carbocycles. The molecule has 0 heterocycles. The van der Waals surface area contributed by atoms with E-state index in [1.165, 1.54) is 24.3 Å². The minimum atomic E-state index is -4.89. The van der Waals surface area contributed by atoms with E-state index in [-0.39, 0.29) is 23.6 Å². The molecule has 2 aromatic rings. The fraction of sp³-hybridized carbons (Fsp3) is 0.0714. The number of halogens is 6. The van der Waals surface area contributed by atoms with Crippen LogP contribution in [0.5, 0.6) is 11.5 Å². The van der Waals surface area contributed by atoms with Gasteiger partial charge in [0.1, 0.15) is 5.69 Å². The molecule has 0 unspecified atom stereocenters. The second-order valence-electron chi connectivity index (χ2n) is 4.18. The summed E-state index contributed by atoms with van der Waals surface area (Å²) < 4.78 is 70.5. The Morgan fingerprint density at radius 1 is 1.09 bits per heavy atom. The van der Waals surface area contributed by atoms with E-state index >= 15 is 0 Å². The summed E-state index contributed by atoms with van der Waals surface area (Å²) in [5.74, 6) is -4.29. The predicted molar refractivity (Wildman–Crippen MR) is 78.4 cm³/mol. The minimum absolute atomic E-state index is 0.0643. The van der Waals surface area contributed by atoms with E-state index in [0.717, 1.165) is 0 Å². The van der Waals surface area contributed by atoms with Gasteiger partial charge < -0.3 is 4.74 Å². The van der Waals surface area contributed by atoms with Gasteiger partial charge in [0.2, 0.25) is 6.08 Å². The second-order valence-corrected chi connectivity index (χ2v) is 5.43. The highest BCUT2D eigenvalue weighted by molar-refractivity contribution is 14.1. The summed E-state index contributed by atoms with van der Waals surface area (Å²) in [4.78, 5) is 13.7. The van der Waals surface area contributed by atoms with Gasteiger partial charge in [-0.05, 0) is 52.9 Å². The number of ether oxygens (including phenoxy) is 1. The molecule has 0 aromatic heterocycles. The quantitative estimate of drug-likeness (QED) is 0.279. The number of hydrogen-bond acceptors (Lipinski definition) is 3. The van der Waals surface area contributed by atoms with Crippen LogP contribution in [-0.2, 0) is 11.0 Å². The number of rotatable bonds is 3. The maximum absolute atomic E-state index is 13.7. The van der Waals surface area contributed by atoms with E-state index in [4.69, 9.17) is 4.74 Å². The van der Waals surface area contributed by atoms with Crippen molar-refractivity contribution in [3.63, 3.8) is 0 Å². The van der Waals surface area contributed by atoms with Crippen molar-refractivity contribution in [3.8, 4) is 11.5 Å². The molecule has 120 valence electrons. The molecule has 0 radical (unpaired) electrons. The Labute approximate surface area is 139 Å². The average Bonchev–Trinajstić information content (AvgIpc) is 2.44. The molecule has 9 heteroatoms. The number of hydrogen-bond donors (Lipinski definition) is 0. The van der Waals surface area contributed by atoms with Gasteiger partial charge in [-0.1, -0.05) is 0 Å². The third-order valence-corrected chi connectivity index (χ3v) is 3.30. The van der Waals surface area contributed by atoms with Crippen molar-refractivity contribution in [2.75, 3.05) is 0 Å². The first-order chi connectivity index (χ1) is 10.7. The van der Waals surface area contributed by atoms with Gasteiger partial charge in [0.15, 0.2) is 23.1 Å². The van der Waals surface area contributed by atoms with Crippen molar-refractivity contribution in [1.82, 2.24) is 0 Å². The first-order valence-corrected chi connectivity index (χ1v) is 6.91. The Hall–Kier alpha value is -2.00. The lowest BCUT2D eigenvalue weighted by Crippen LogP contribution is -2.07. The monoisotopic (exact) mass is 441 g/mol. The van der Waals surface area contributed by atoms with E-state index in [9.17, 15) is 26.7 Å². The summed E-state index contributed by atoms with van der Waals surface area (Å²) in [6.45, 7) is 0. The van der Waals surface area contributed by atoms with E-state index in [1.807, 2.05) is 22.6 Å². The van der Waals surface area contributed by atoms with Crippen molar-refractivity contribution in [1.29, 1.82) is 0 Å². The molecule has 0 aliphatic carbocycles. The lowest BCUT2D eigenvalue weighted by Gasteiger charge is -2.12. The summed E-state index contributed by atoms with van der Waals surface area (Å²) in [5, 5.41) is 0. The van der Waals surface area contributed by atoms with Crippen LogP contribution >= 0.6 is 22.6 Å². The zero-order chi connectivity index (χ0) is 17.2. The van der Waals surface area contributed by atoms with Gasteiger partial charge >= 0.3 is 6.18 Å². The van der Waals surface area contributed by atoms with Crippen LogP contribution in [0, 0.1) is 15.2 Å². The molecule has 0 bridgehead atoms. The number of aliphatic imine (C=N–C) groups is 1. The summed E-state index contributed by atoms with van der Waals surface area (Å²) >= 11 is 1.90. The van der Waals surface area contributed by atoms with Crippen LogP contribution in [0.25, 0.3) is 0 Å².